The average molecular weight is 357 g/mol. The molecule has 2 aliphatic carbocycles. The molecule has 1 aromatic carbocycles. The van der Waals surface area contributed by atoms with E-state index in [2.05, 4.69) is 33.5 Å². The van der Waals surface area contributed by atoms with Gasteiger partial charge in [-0.1, -0.05) is 0 Å². The normalized spacial score (nSPS) is 30.7. The molecule has 0 radical (unpaired) electrons. The van der Waals surface area contributed by atoms with Crippen LogP contribution in [0, 0.1) is 23.2 Å². The van der Waals surface area contributed by atoms with E-state index in [0.717, 1.165) is 33.9 Å². The summed E-state index contributed by atoms with van der Waals surface area (Å²) >= 11 is 0. The van der Waals surface area contributed by atoms with E-state index in [1.807, 2.05) is 18.5 Å². The Balaban J connectivity index is 1.54. The Morgan fingerprint density at radius 2 is 2.07 bits per heavy atom. The van der Waals surface area contributed by atoms with E-state index in [9.17, 15) is 0 Å². The van der Waals surface area contributed by atoms with Crippen molar-refractivity contribution in [1.29, 1.82) is 5.41 Å². The van der Waals surface area contributed by atoms with Crippen LogP contribution in [-0.2, 0) is 0 Å². The van der Waals surface area contributed by atoms with Crippen molar-refractivity contribution in [2.24, 2.45) is 17.8 Å². The Morgan fingerprint density at radius 1 is 1.19 bits per heavy atom. The van der Waals surface area contributed by atoms with E-state index in [1.165, 1.54) is 36.6 Å². The first kappa shape index (κ1) is 15.3. The molecule has 5 N–H and O–H groups in total. The minimum Gasteiger partial charge on any atom is -0.398 e. The summed E-state index contributed by atoms with van der Waals surface area (Å²) in [6.07, 6.45) is 9.36. The van der Waals surface area contributed by atoms with E-state index in [0.29, 0.717) is 17.8 Å². The largest absolute Gasteiger partial charge is 0.398 e. The topological polar surface area (TPSA) is 90.6 Å². The van der Waals surface area contributed by atoms with Crippen LogP contribution in [0.5, 0.6) is 0 Å². The Bertz CT molecular complexity index is 1070. The molecule has 2 saturated carbocycles. The summed E-state index contributed by atoms with van der Waals surface area (Å²) in [4.78, 5) is 7.83. The predicted molar refractivity (Wildman–Crippen MR) is 108 cm³/mol. The number of hydrogen-bond acceptors (Lipinski definition) is 4. The monoisotopic (exact) mass is 357 g/mol. The van der Waals surface area contributed by atoms with Gasteiger partial charge in [-0.25, -0.2) is 4.98 Å². The second-order valence-electron chi connectivity index (χ2n) is 8.42. The number of pyridine rings is 1. The van der Waals surface area contributed by atoms with Gasteiger partial charge in [-0.3, -0.25) is 0 Å². The van der Waals surface area contributed by atoms with Gasteiger partial charge in [-0.15, -0.1) is 0 Å². The van der Waals surface area contributed by atoms with Crippen LogP contribution < -0.4 is 11.1 Å². The van der Waals surface area contributed by atoms with Crippen molar-refractivity contribution < 1.29 is 0 Å². The average Bonchev–Trinajstić information content (AvgIpc) is 3.42. The van der Waals surface area contributed by atoms with Gasteiger partial charge in [0.2, 0.25) is 0 Å². The number of benzene rings is 1. The molecule has 0 spiro atoms. The molecule has 0 amide bonds. The van der Waals surface area contributed by atoms with Gasteiger partial charge in [0.25, 0.3) is 0 Å². The van der Waals surface area contributed by atoms with E-state index in [4.69, 9.17) is 11.1 Å². The smallest absolute Gasteiger partial charge is 0.137 e. The number of nitrogens with zero attached hydrogens (tertiary/aromatic N) is 1. The van der Waals surface area contributed by atoms with Crippen molar-refractivity contribution in [3.05, 3.63) is 53.3 Å². The Kier molecular flexibility index (Phi) is 3.02. The predicted octanol–water partition coefficient (Wildman–Crippen LogP) is 4.44. The standard InChI is InChI=1S/C22H23N5/c23-9-15-16(24)3-4-17-20(15)18-11-1-2-12(7-11)19(18)21(27-17)14-8-13-5-6-25-22(13)26-10-14/h3-6,8-12,18-19,21,23,27H,1-2,7,24H2,(H,25,26). The van der Waals surface area contributed by atoms with Gasteiger partial charge < -0.3 is 21.4 Å². The third kappa shape index (κ3) is 2.00. The maximum Gasteiger partial charge on any atom is 0.137 e. The first-order valence-electron chi connectivity index (χ1n) is 9.87. The minimum absolute atomic E-state index is 0.270. The maximum absolute atomic E-state index is 7.95. The lowest BCUT2D eigenvalue weighted by atomic mass is 9.67. The number of nitrogens with one attached hydrogen (secondary N) is 3. The summed E-state index contributed by atoms with van der Waals surface area (Å²) in [5, 5.41) is 12.9. The molecule has 5 nitrogen and oxygen atoms in total. The number of anilines is 2. The molecular formula is C22H23N5. The van der Waals surface area contributed by atoms with Gasteiger partial charge in [0.15, 0.2) is 0 Å². The van der Waals surface area contributed by atoms with Gasteiger partial charge in [0.1, 0.15) is 5.65 Å². The quantitative estimate of drug-likeness (QED) is 0.404. The lowest BCUT2D eigenvalue weighted by molar-refractivity contribution is 0.247. The van der Waals surface area contributed by atoms with Crippen LogP contribution in [0.15, 0.2) is 36.7 Å². The van der Waals surface area contributed by atoms with E-state index in [-0.39, 0.29) is 6.04 Å². The van der Waals surface area contributed by atoms with Gasteiger partial charge in [0.05, 0.1) is 6.04 Å². The number of rotatable bonds is 2. The molecular weight excluding hydrogens is 334 g/mol. The Morgan fingerprint density at radius 3 is 2.96 bits per heavy atom. The highest BCUT2D eigenvalue weighted by atomic mass is 15.0. The summed E-state index contributed by atoms with van der Waals surface area (Å²) in [6, 6.07) is 8.68. The first-order valence-corrected chi connectivity index (χ1v) is 9.87. The van der Waals surface area contributed by atoms with Crippen molar-refractivity contribution >= 4 is 28.6 Å². The SMILES string of the molecule is N=Cc1c(N)ccc2c1C1C3CCC(C3)C1C(c1cnc3[nH]ccc3c1)N2. The van der Waals surface area contributed by atoms with Crippen molar-refractivity contribution in [3.8, 4) is 0 Å². The number of nitrogen functional groups attached to an aromatic ring is 1. The Labute approximate surface area is 157 Å². The van der Waals surface area contributed by atoms with Crippen LogP contribution in [0.2, 0.25) is 0 Å². The zero-order chi connectivity index (χ0) is 18.1. The molecule has 5 heteroatoms. The zero-order valence-corrected chi connectivity index (χ0v) is 15.1. The second-order valence-corrected chi connectivity index (χ2v) is 8.42. The fourth-order valence-corrected chi connectivity index (χ4v) is 6.24. The highest BCUT2D eigenvalue weighted by molar-refractivity contribution is 5.91. The number of H-pyrrole nitrogens is 1. The van der Waals surface area contributed by atoms with Crippen LogP contribution in [0.4, 0.5) is 11.4 Å². The maximum atomic E-state index is 7.95. The molecule has 136 valence electrons. The molecule has 6 rings (SSSR count). The minimum atomic E-state index is 0.270. The zero-order valence-electron chi connectivity index (χ0n) is 15.1. The Hall–Kier alpha value is -2.82. The molecule has 2 aromatic heterocycles. The second kappa shape index (κ2) is 5.35. The number of fused-ring (bicyclic) bond motifs is 8. The fourth-order valence-electron chi connectivity index (χ4n) is 6.24. The molecule has 0 saturated heterocycles. The molecule has 3 aromatic rings. The van der Waals surface area contributed by atoms with E-state index < -0.39 is 0 Å². The van der Waals surface area contributed by atoms with Crippen molar-refractivity contribution in [2.75, 3.05) is 11.1 Å². The fraction of sp³-hybridized carbons (Fsp3) is 0.364. The van der Waals surface area contributed by atoms with Crippen LogP contribution >= 0.6 is 0 Å². The van der Waals surface area contributed by atoms with Crippen molar-refractivity contribution in [3.63, 3.8) is 0 Å². The first-order chi connectivity index (χ1) is 13.2. The third-order valence-corrected chi connectivity index (χ3v) is 7.26. The molecule has 2 fully saturated rings. The van der Waals surface area contributed by atoms with Crippen LogP contribution in [0.25, 0.3) is 11.0 Å². The van der Waals surface area contributed by atoms with Crippen molar-refractivity contribution in [1.82, 2.24) is 9.97 Å². The third-order valence-electron chi connectivity index (χ3n) is 7.26. The summed E-state index contributed by atoms with van der Waals surface area (Å²) in [7, 11) is 0. The molecule has 3 aliphatic rings. The summed E-state index contributed by atoms with van der Waals surface area (Å²) in [6.45, 7) is 0. The summed E-state index contributed by atoms with van der Waals surface area (Å²) in [5.74, 6) is 2.50. The van der Waals surface area contributed by atoms with E-state index >= 15 is 0 Å². The lowest BCUT2D eigenvalue weighted by Gasteiger charge is -2.44. The lowest BCUT2D eigenvalue weighted by Crippen LogP contribution is -2.36. The van der Waals surface area contributed by atoms with Gasteiger partial charge >= 0.3 is 0 Å². The molecule has 1 aliphatic heterocycles. The highest BCUT2D eigenvalue weighted by Crippen LogP contribution is 2.64. The molecule has 3 heterocycles. The number of hydrogen-bond donors (Lipinski definition) is 4. The number of aromatic amines is 1. The van der Waals surface area contributed by atoms with Gasteiger partial charge in [-0.05, 0) is 78.3 Å². The molecule has 5 unspecified atom stereocenters. The molecule has 2 bridgehead atoms. The number of aromatic nitrogens is 2. The van der Waals surface area contributed by atoms with Gasteiger partial charge in [-0.2, -0.15) is 0 Å². The highest BCUT2D eigenvalue weighted by Gasteiger charge is 2.54. The van der Waals surface area contributed by atoms with Crippen LogP contribution in [0.3, 0.4) is 0 Å². The molecule has 27 heavy (non-hydrogen) atoms. The summed E-state index contributed by atoms with van der Waals surface area (Å²) < 4.78 is 0. The van der Waals surface area contributed by atoms with Gasteiger partial charge in [0, 0.05) is 40.9 Å². The molecule has 5 atom stereocenters. The van der Waals surface area contributed by atoms with Crippen LogP contribution in [0.1, 0.15) is 47.9 Å². The number of nitrogens with two attached hydrogens (primary N) is 1. The van der Waals surface area contributed by atoms with E-state index in [1.54, 1.807) is 0 Å². The van der Waals surface area contributed by atoms with Crippen molar-refractivity contribution in [2.45, 2.75) is 31.2 Å². The summed E-state index contributed by atoms with van der Waals surface area (Å²) in [5.41, 5.74) is 12.5. The van der Waals surface area contributed by atoms with Crippen LogP contribution in [-0.4, -0.2) is 16.2 Å².